The summed E-state index contributed by atoms with van der Waals surface area (Å²) < 4.78 is 0.369. The molecule has 0 amide bonds. The van der Waals surface area contributed by atoms with Crippen molar-refractivity contribution < 1.29 is 0 Å². The molecule has 0 aliphatic heterocycles. The van der Waals surface area contributed by atoms with Gasteiger partial charge in [0.1, 0.15) is 3.91 Å². The molecule has 3 heteroatoms. The molecule has 0 bridgehead atoms. The first-order valence-electron chi connectivity index (χ1n) is 8.28. The van der Waals surface area contributed by atoms with Crippen molar-refractivity contribution in [3.05, 3.63) is 89.5 Å². The molecule has 0 fully saturated rings. The molecule has 3 aromatic carbocycles. The Kier molecular flexibility index (Phi) is 6.57. The molecule has 0 N–H and O–H groups in total. The third-order valence-electron chi connectivity index (χ3n) is 3.76. The molecule has 0 heterocycles. The van der Waals surface area contributed by atoms with Crippen LogP contribution in [0.2, 0.25) is 0 Å². The van der Waals surface area contributed by atoms with E-state index in [1.54, 1.807) is 0 Å². The van der Waals surface area contributed by atoms with Crippen LogP contribution in [0.15, 0.2) is 87.5 Å². The van der Waals surface area contributed by atoms with Crippen LogP contribution in [-0.4, -0.2) is 3.91 Å². The predicted octanol–water partition coefficient (Wildman–Crippen LogP) is 7.57. The van der Waals surface area contributed by atoms with Crippen LogP contribution in [0, 0.1) is 20.8 Å². The molecular formula is C22H22S3. The average Bonchev–Trinajstić information content (AvgIpc) is 2.61. The van der Waals surface area contributed by atoms with Gasteiger partial charge >= 0.3 is 0 Å². The zero-order chi connectivity index (χ0) is 17.6. The van der Waals surface area contributed by atoms with E-state index in [2.05, 4.69) is 93.6 Å². The molecule has 25 heavy (non-hydrogen) atoms. The van der Waals surface area contributed by atoms with Gasteiger partial charge in [0.2, 0.25) is 0 Å². The van der Waals surface area contributed by atoms with Crippen LogP contribution in [0.4, 0.5) is 0 Å². The molecule has 0 aliphatic rings. The summed E-state index contributed by atoms with van der Waals surface area (Å²) in [6.07, 6.45) is 0. The van der Waals surface area contributed by atoms with Crippen molar-refractivity contribution in [3.63, 3.8) is 0 Å². The van der Waals surface area contributed by atoms with Crippen LogP contribution in [0.5, 0.6) is 0 Å². The quantitative estimate of drug-likeness (QED) is 0.319. The van der Waals surface area contributed by atoms with Gasteiger partial charge in [-0.15, -0.1) is 0 Å². The van der Waals surface area contributed by atoms with Crippen molar-refractivity contribution in [3.8, 4) is 0 Å². The van der Waals surface area contributed by atoms with Crippen LogP contribution >= 0.6 is 35.3 Å². The number of hydrogen-bond acceptors (Lipinski definition) is 3. The maximum Gasteiger partial charge on any atom is 0.109 e. The van der Waals surface area contributed by atoms with Crippen molar-refractivity contribution in [1.29, 1.82) is 0 Å². The van der Waals surface area contributed by atoms with E-state index >= 15 is 0 Å². The number of hydrogen-bond donors (Lipinski definition) is 0. The number of benzene rings is 3. The minimum Gasteiger partial charge on any atom is -0.0999 e. The van der Waals surface area contributed by atoms with E-state index in [-0.39, 0.29) is 0 Å². The molecule has 0 aliphatic carbocycles. The van der Waals surface area contributed by atoms with Gasteiger partial charge in [0.15, 0.2) is 0 Å². The van der Waals surface area contributed by atoms with Gasteiger partial charge in [0.25, 0.3) is 0 Å². The van der Waals surface area contributed by atoms with E-state index in [4.69, 9.17) is 0 Å². The van der Waals surface area contributed by atoms with Gasteiger partial charge in [0.05, 0.1) is 0 Å². The molecule has 3 aromatic rings. The second-order valence-electron chi connectivity index (χ2n) is 6.08. The highest BCUT2D eigenvalue weighted by atomic mass is 32.3. The summed E-state index contributed by atoms with van der Waals surface area (Å²) in [6.45, 7) is 6.40. The van der Waals surface area contributed by atoms with E-state index < -0.39 is 0 Å². The van der Waals surface area contributed by atoms with Crippen molar-refractivity contribution >= 4 is 35.3 Å². The Labute approximate surface area is 163 Å². The summed E-state index contributed by atoms with van der Waals surface area (Å²) in [6, 6.07) is 26.4. The summed E-state index contributed by atoms with van der Waals surface area (Å²) in [5.41, 5.74) is 3.91. The van der Waals surface area contributed by atoms with Gasteiger partial charge < -0.3 is 0 Å². The standard InChI is InChI=1S/C22H22S3/c1-16-4-10-19(11-5-16)23-22(24-20-12-6-17(2)7-13-20)25-21-14-8-18(3)9-15-21/h4-15,22H,1-3H3. The van der Waals surface area contributed by atoms with E-state index in [1.165, 1.54) is 31.4 Å². The van der Waals surface area contributed by atoms with Gasteiger partial charge in [-0.3, -0.25) is 0 Å². The Morgan fingerprint density at radius 1 is 0.440 bits per heavy atom. The third kappa shape index (κ3) is 5.88. The average molecular weight is 383 g/mol. The minimum absolute atomic E-state index is 0.369. The van der Waals surface area contributed by atoms with Crippen molar-refractivity contribution in [1.82, 2.24) is 0 Å². The van der Waals surface area contributed by atoms with Crippen LogP contribution in [0.25, 0.3) is 0 Å². The first kappa shape index (κ1) is 18.5. The van der Waals surface area contributed by atoms with Gasteiger partial charge in [-0.25, -0.2) is 0 Å². The third-order valence-corrected chi connectivity index (χ3v) is 7.70. The monoisotopic (exact) mass is 382 g/mol. The fourth-order valence-corrected chi connectivity index (χ4v) is 6.38. The van der Waals surface area contributed by atoms with Gasteiger partial charge in [-0.2, -0.15) is 0 Å². The van der Waals surface area contributed by atoms with E-state index in [0.717, 1.165) is 0 Å². The topological polar surface area (TPSA) is 0 Å². The second kappa shape index (κ2) is 8.88. The predicted molar refractivity (Wildman–Crippen MR) is 115 cm³/mol. The van der Waals surface area contributed by atoms with Crippen LogP contribution in [0.3, 0.4) is 0 Å². The molecule has 0 radical (unpaired) electrons. The van der Waals surface area contributed by atoms with Crippen molar-refractivity contribution in [2.45, 2.75) is 39.4 Å². The molecule has 0 saturated carbocycles. The second-order valence-corrected chi connectivity index (χ2v) is 10.5. The number of rotatable bonds is 6. The maximum atomic E-state index is 2.22. The summed E-state index contributed by atoms with van der Waals surface area (Å²) in [5.74, 6) is 0. The smallest absolute Gasteiger partial charge is 0.0999 e. The van der Waals surface area contributed by atoms with Gasteiger partial charge in [-0.1, -0.05) is 88.4 Å². The molecule has 128 valence electrons. The minimum atomic E-state index is 0.369. The van der Waals surface area contributed by atoms with Gasteiger partial charge in [-0.05, 0) is 57.2 Å². The number of aryl methyl sites for hydroxylation is 3. The lowest BCUT2D eigenvalue weighted by Gasteiger charge is -2.16. The zero-order valence-electron chi connectivity index (χ0n) is 14.7. The Balaban J connectivity index is 1.77. The largest absolute Gasteiger partial charge is 0.109 e. The SMILES string of the molecule is Cc1ccc(SC(Sc2ccc(C)cc2)Sc2ccc(C)cc2)cc1. The lowest BCUT2D eigenvalue weighted by Crippen LogP contribution is -1.92. The normalized spacial score (nSPS) is 11.0. The fourth-order valence-electron chi connectivity index (χ4n) is 2.26. The van der Waals surface area contributed by atoms with Crippen molar-refractivity contribution in [2.75, 3.05) is 0 Å². The van der Waals surface area contributed by atoms with Crippen LogP contribution in [0.1, 0.15) is 16.7 Å². The van der Waals surface area contributed by atoms with E-state index in [9.17, 15) is 0 Å². The van der Waals surface area contributed by atoms with E-state index in [0.29, 0.717) is 3.91 Å². The Morgan fingerprint density at radius 2 is 0.680 bits per heavy atom. The molecule has 0 aromatic heterocycles. The summed E-state index contributed by atoms with van der Waals surface area (Å²) in [4.78, 5) is 3.94. The molecule has 0 spiro atoms. The van der Waals surface area contributed by atoms with Crippen LogP contribution < -0.4 is 0 Å². The molecular weight excluding hydrogens is 360 g/mol. The van der Waals surface area contributed by atoms with Gasteiger partial charge in [0, 0.05) is 14.7 Å². The highest BCUT2D eigenvalue weighted by Crippen LogP contribution is 2.45. The molecule has 0 unspecified atom stereocenters. The fraction of sp³-hybridized carbons (Fsp3) is 0.182. The lowest BCUT2D eigenvalue weighted by molar-refractivity contribution is 1.36. The summed E-state index contributed by atoms with van der Waals surface area (Å²) in [5, 5.41) is 0. The lowest BCUT2D eigenvalue weighted by atomic mass is 10.2. The molecule has 0 saturated heterocycles. The van der Waals surface area contributed by atoms with E-state index in [1.807, 2.05) is 35.3 Å². The Hall–Kier alpha value is -1.29. The molecule has 0 atom stereocenters. The highest BCUT2D eigenvalue weighted by Gasteiger charge is 2.14. The maximum absolute atomic E-state index is 2.22. The Bertz CT molecular complexity index is 677. The molecule has 0 nitrogen and oxygen atoms in total. The summed E-state index contributed by atoms with van der Waals surface area (Å²) in [7, 11) is 0. The first-order chi connectivity index (χ1) is 12.1. The molecule has 3 rings (SSSR count). The van der Waals surface area contributed by atoms with Crippen molar-refractivity contribution in [2.24, 2.45) is 0 Å². The highest BCUT2D eigenvalue weighted by molar-refractivity contribution is 8.32. The zero-order valence-corrected chi connectivity index (χ0v) is 17.2. The first-order valence-corrected chi connectivity index (χ1v) is 10.9. The summed E-state index contributed by atoms with van der Waals surface area (Å²) >= 11 is 5.76. The Morgan fingerprint density at radius 3 is 0.920 bits per heavy atom. The van der Waals surface area contributed by atoms with Crippen LogP contribution in [-0.2, 0) is 0 Å². The number of thioether (sulfide) groups is 3.